The number of nitrogens with zero attached hydrogens (tertiary/aromatic N) is 3. The number of pyridine rings is 1. The predicted octanol–water partition coefficient (Wildman–Crippen LogP) is 4.57. The van der Waals surface area contributed by atoms with Crippen LogP contribution >= 0.6 is 0 Å². The van der Waals surface area contributed by atoms with E-state index in [1.807, 2.05) is 45.0 Å². The van der Waals surface area contributed by atoms with Crippen molar-refractivity contribution in [2.75, 3.05) is 37.1 Å². The molecule has 0 saturated carbocycles. The molecule has 0 radical (unpaired) electrons. The molecule has 1 aliphatic rings. The van der Waals surface area contributed by atoms with E-state index in [2.05, 4.69) is 4.98 Å². The summed E-state index contributed by atoms with van der Waals surface area (Å²) in [6, 6.07) is 14.9. The summed E-state index contributed by atoms with van der Waals surface area (Å²) in [5, 5.41) is 11.5. The predicted molar refractivity (Wildman–Crippen MR) is 139 cm³/mol. The van der Waals surface area contributed by atoms with E-state index in [0.29, 0.717) is 41.5 Å². The zero-order valence-electron chi connectivity index (χ0n) is 20.8. The Bertz CT molecular complexity index is 1290. The van der Waals surface area contributed by atoms with Gasteiger partial charge < -0.3 is 19.5 Å². The number of benzene rings is 2. The van der Waals surface area contributed by atoms with Gasteiger partial charge in [-0.05, 0) is 61.9 Å². The minimum atomic E-state index is -0.870. The average Bonchev–Trinajstić information content (AvgIpc) is 3.15. The maximum atomic E-state index is 13.4. The molecule has 1 unspecified atom stereocenters. The monoisotopic (exact) mass is 487 g/mol. The lowest BCUT2D eigenvalue weighted by Gasteiger charge is -2.26. The number of anilines is 2. The van der Waals surface area contributed by atoms with Gasteiger partial charge in [0.1, 0.15) is 17.3 Å². The Labute approximate surface area is 210 Å². The molecule has 2 aromatic carbocycles. The number of rotatable bonds is 8. The van der Waals surface area contributed by atoms with Gasteiger partial charge in [0.05, 0.1) is 30.4 Å². The summed E-state index contributed by atoms with van der Waals surface area (Å²) < 4.78 is 11.3. The molecule has 2 heterocycles. The summed E-state index contributed by atoms with van der Waals surface area (Å²) in [4.78, 5) is 34.3. The van der Waals surface area contributed by atoms with Crippen molar-refractivity contribution in [1.29, 1.82) is 0 Å². The zero-order valence-corrected chi connectivity index (χ0v) is 20.8. The molecule has 1 saturated heterocycles. The minimum Gasteiger partial charge on any atom is -0.507 e. The highest BCUT2D eigenvalue weighted by atomic mass is 16.5. The molecule has 0 aliphatic carbocycles. The Morgan fingerprint density at radius 1 is 1.03 bits per heavy atom. The highest BCUT2D eigenvalue weighted by Crippen LogP contribution is 2.43. The third kappa shape index (κ3) is 4.62. The van der Waals surface area contributed by atoms with Crippen LogP contribution in [0.5, 0.6) is 11.5 Å². The van der Waals surface area contributed by atoms with Gasteiger partial charge in [-0.15, -0.1) is 0 Å². The maximum Gasteiger partial charge on any atom is 0.300 e. The summed E-state index contributed by atoms with van der Waals surface area (Å²) in [6.45, 7) is 4.50. The van der Waals surface area contributed by atoms with E-state index in [9.17, 15) is 14.7 Å². The van der Waals surface area contributed by atoms with Crippen LogP contribution in [0.2, 0.25) is 0 Å². The normalized spacial score (nSPS) is 16.8. The Hall–Kier alpha value is -4.33. The highest BCUT2D eigenvalue weighted by Gasteiger charge is 2.47. The number of aromatic nitrogens is 1. The fourth-order valence-corrected chi connectivity index (χ4v) is 4.24. The van der Waals surface area contributed by atoms with Crippen molar-refractivity contribution in [2.24, 2.45) is 0 Å². The Balaban J connectivity index is 1.90. The average molecular weight is 488 g/mol. The van der Waals surface area contributed by atoms with Gasteiger partial charge >= 0.3 is 0 Å². The molecule has 1 aliphatic heterocycles. The van der Waals surface area contributed by atoms with Crippen LogP contribution in [0.15, 0.2) is 72.6 Å². The SMILES string of the molecule is CCOc1ccc(/C(O)=C2/C(=O)C(=O)N(c3ccc(N(C)C)cc3)C2c2cccnc2)c(OCC)c1. The smallest absolute Gasteiger partial charge is 0.300 e. The summed E-state index contributed by atoms with van der Waals surface area (Å²) in [6.07, 6.45) is 3.20. The van der Waals surface area contributed by atoms with Crippen LogP contribution in [-0.2, 0) is 9.59 Å². The van der Waals surface area contributed by atoms with Gasteiger partial charge in [0, 0.05) is 43.9 Å². The molecule has 1 atom stereocenters. The number of hydrogen-bond donors (Lipinski definition) is 1. The van der Waals surface area contributed by atoms with E-state index >= 15 is 0 Å². The third-order valence-electron chi connectivity index (χ3n) is 5.91. The Morgan fingerprint density at radius 2 is 1.75 bits per heavy atom. The molecule has 8 heteroatoms. The van der Waals surface area contributed by atoms with Crippen LogP contribution in [0.4, 0.5) is 11.4 Å². The largest absolute Gasteiger partial charge is 0.507 e. The standard InChI is InChI=1S/C28H29N3O5/c1-5-35-21-13-14-22(23(16-21)36-6-2)26(32)24-25(18-8-7-15-29-17-18)31(28(34)27(24)33)20-11-9-19(10-12-20)30(3)4/h7-17,25,32H,5-6H2,1-4H3/b26-24-. The van der Waals surface area contributed by atoms with Crippen LogP contribution in [0.25, 0.3) is 5.76 Å². The van der Waals surface area contributed by atoms with Gasteiger partial charge in [0.2, 0.25) is 0 Å². The second-order valence-corrected chi connectivity index (χ2v) is 8.39. The van der Waals surface area contributed by atoms with Gasteiger partial charge in [0.15, 0.2) is 0 Å². The molecule has 8 nitrogen and oxygen atoms in total. The van der Waals surface area contributed by atoms with Crippen molar-refractivity contribution < 1.29 is 24.2 Å². The quantitative estimate of drug-likeness (QED) is 0.283. The summed E-state index contributed by atoms with van der Waals surface area (Å²) in [5.41, 5.74) is 2.35. The van der Waals surface area contributed by atoms with Gasteiger partial charge in [-0.25, -0.2) is 0 Å². The maximum absolute atomic E-state index is 13.4. The molecule has 0 bridgehead atoms. The lowest BCUT2D eigenvalue weighted by atomic mass is 9.95. The lowest BCUT2D eigenvalue weighted by molar-refractivity contribution is -0.132. The van der Waals surface area contributed by atoms with E-state index in [1.165, 1.54) is 4.90 Å². The third-order valence-corrected chi connectivity index (χ3v) is 5.91. The molecule has 36 heavy (non-hydrogen) atoms. The van der Waals surface area contributed by atoms with Crippen LogP contribution in [-0.4, -0.2) is 49.1 Å². The molecule has 3 aromatic rings. The number of aliphatic hydroxyl groups is 1. The fourth-order valence-electron chi connectivity index (χ4n) is 4.24. The Morgan fingerprint density at radius 3 is 2.36 bits per heavy atom. The van der Waals surface area contributed by atoms with Crippen molar-refractivity contribution in [3.63, 3.8) is 0 Å². The minimum absolute atomic E-state index is 0.0326. The van der Waals surface area contributed by atoms with E-state index in [0.717, 1.165) is 5.69 Å². The number of aliphatic hydroxyl groups excluding tert-OH is 1. The first-order valence-corrected chi connectivity index (χ1v) is 11.8. The van der Waals surface area contributed by atoms with Crippen molar-refractivity contribution in [3.8, 4) is 11.5 Å². The van der Waals surface area contributed by atoms with E-state index in [4.69, 9.17) is 9.47 Å². The molecular formula is C28H29N3O5. The highest BCUT2D eigenvalue weighted by molar-refractivity contribution is 6.51. The molecule has 1 N–H and O–H groups in total. The summed E-state index contributed by atoms with van der Waals surface area (Å²) >= 11 is 0. The number of carbonyl (C=O) groups is 2. The van der Waals surface area contributed by atoms with Gasteiger partial charge in [0.25, 0.3) is 11.7 Å². The van der Waals surface area contributed by atoms with E-state index in [1.54, 1.807) is 54.9 Å². The number of Topliss-reactive ketones (excluding diaryl/α,β-unsaturated/α-hetero) is 1. The zero-order chi connectivity index (χ0) is 25.8. The number of hydrogen-bond acceptors (Lipinski definition) is 7. The van der Waals surface area contributed by atoms with E-state index < -0.39 is 17.7 Å². The second kappa shape index (κ2) is 10.5. The van der Waals surface area contributed by atoms with Crippen LogP contribution in [0.3, 0.4) is 0 Å². The van der Waals surface area contributed by atoms with Gasteiger partial charge in [-0.3, -0.25) is 19.5 Å². The van der Waals surface area contributed by atoms with Gasteiger partial charge in [-0.2, -0.15) is 0 Å². The van der Waals surface area contributed by atoms with Crippen LogP contribution in [0, 0.1) is 0 Å². The number of amides is 1. The summed E-state index contributed by atoms with van der Waals surface area (Å²) in [5.74, 6) is -0.905. The molecule has 4 rings (SSSR count). The van der Waals surface area contributed by atoms with E-state index in [-0.39, 0.29) is 11.3 Å². The first-order chi connectivity index (χ1) is 17.4. The van der Waals surface area contributed by atoms with Crippen molar-refractivity contribution in [1.82, 2.24) is 4.98 Å². The molecule has 1 aromatic heterocycles. The second-order valence-electron chi connectivity index (χ2n) is 8.39. The van der Waals surface area contributed by atoms with Crippen molar-refractivity contribution in [2.45, 2.75) is 19.9 Å². The van der Waals surface area contributed by atoms with Crippen LogP contribution < -0.4 is 19.3 Å². The van der Waals surface area contributed by atoms with Gasteiger partial charge in [-0.1, -0.05) is 6.07 Å². The number of carbonyl (C=O) groups excluding carboxylic acids is 2. The van der Waals surface area contributed by atoms with Crippen molar-refractivity contribution >= 4 is 28.8 Å². The fraction of sp³-hybridized carbons (Fsp3) is 0.250. The van der Waals surface area contributed by atoms with Crippen molar-refractivity contribution in [3.05, 3.63) is 83.7 Å². The number of ketones is 1. The molecule has 1 amide bonds. The Kier molecular flexibility index (Phi) is 7.24. The molecular weight excluding hydrogens is 458 g/mol. The first kappa shape index (κ1) is 24.8. The summed E-state index contributed by atoms with van der Waals surface area (Å²) in [7, 11) is 3.84. The molecule has 186 valence electrons. The van der Waals surface area contributed by atoms with Crippen LogP contribution in [0.1, 0.15) is 31.0 Å². The number of ether oxygens (including phenoxy) is 2. The first-order valence-electron chi connectivity index (χ1n) is 11.8. The topological polar surface area (TPSA) is 92.2 Å². The lowest BCUT2D eigenvalue weighted by Crippen LogP contribution is -2.29. The molecule has 0 spiro atoms. The molecule has 1 fully saturated rings.